The summed E-state index contributed by atoms with van der Waals surface area (Å²) in [7, 11) is 0. The highest BCUT2D eigenvalue weighted by Crippen LogP contribution is 2.27. The molecule has 0 spiro atoms. The molecule has 0 radical (unpaired) electrons. The van der Waals surface area contributed by atoms with Crippen LogP contribution in [0.15, 0.2) is 42.5 Å². The van der Waals surface area contributed by atoms with Gasteiger partial charge in [0.2, 0.25) is 0 Å². The highest BCUT2D eigenvalue weighted by molar-refractivity contribution is 6.08. The molecule has 1 heteroatoms. The first-order chi connectivity index (χ1) is 7.36. The van der Waals surface area contributed by atoms with Gasteiger partial charge in [-0.2, -0.15) is 0 Å². The minimum absolute atomic E-state index is 0.221. The van der Waals surface area contributed by atoms with Gasteiger partial charge in [-0.1, -0.05) is 48.6 Å². The Morgan fingerprint density at radius 1 is 1.00 bits per heavy atom. The van der Waals surface area contributed by atoms with Crippen molar-refractivity contribution in [3.05, 3.63) is 53.6 Å². The number of hydrogen-bond donors (Lipinski definition) is 0. The first-order valence-electron chi connectivity index (χ1n) is 5.08. The van der Waals surface area contributed by atoms with Crippen LogP contribution in [0, 0.1) is 0 Å². The number of carbonyl (C=O) groups is 1. The topological polar surface area (TPSA) is 17.1 Å². The van der Waals surface area contributed by atoms with E-state index in [1.807, 2.05) is 30.3 Å². The molecule has 0 saturated heterocycles. The molecular formula is C14H10O. The van der Waals surface area contributed by atoms with Crippen molar-refractivity contribution in [1.82, 2.24) is 0 Å². The minimum Gasteiger partial charge on any atom is -0.294 e. The van der Waals surface area contributed by atoms with Gasteiger partial charge in [0.25, 0.3) is 0 Å². The van der Waals surface area contributed by atoms with E-state index in [9.17, 15) is 4.79 Å². The number of allylic oxidation sites excluding steroid dienone is 1. The average molecular weight is 194 g/mol. The van der Waals surface area contributed by atoms with Crippen molar-refractivity contribution < 1.29 is 4.79 Å². The number of rotatable bonds is 0. The van der Waals surface area contributed by atoms with E-state index in [-0.39, 0.29) is 5.78 Å². The summed E-state index contributed by atoms with van der Waals surface area (Å²) in [4.78, 5) is 11.7. The minimum atomic E-state index is 0.221. The molecule has 1 aliphatic rings. The molecule has 0 unspecified atom stereocenters. The summed E-state index contributed by atoms with van der Waals surface area (Å²) >= 11 is 0. The van der Waals surface area contributed by atoms with E-state index in [0.717, 1.165) is 11.1 Å². The summed E-state index contributed by atoms with van der Waals surface area (Å²) in [5.41, 5.74) is 1.93. The maximum absolute atomic E-state index is 11.7. The molecule has 2 aromatic carbocycles. The van der Waals surface area contributed by atoms with E-state index in [1.54, 1.807) is 0 Å². The van der Waals surface area contributed by atoms with Crippen LogP contribution in [0.1, 0.15) is 22.3 Å². The van der Waals surface area contributed by atoms with Crippen LogP contribution in [0.5, 0.6) is 0 Å². The molecule has 0 amide bonds. The molecule has 1 nitrogen and oxygen atoms in total. The summed E-state index contributed by atoms with van der Waals surface area (Å²) in [5, 5.41) is 2.36. The Bertz CT molecular complexity index is 579. The Hall–Kier alpha value is -1.89. The van der Waals surface area contributed by atoms with E-state index >= 15 is 0 Å². The van der Waals surface area contributed by atoms with Crippen molar-refractivity contribution in [2.75, 3.05) is 0 Å². The Morgan fingerprint density at radius 2 is 1.87 bits per heavy atom. The third kappa shape index (κ3) is 1.20. The van der Waals surface area contributed by atoms with Gasteiger partial charge in [-0.3, -0.25) is 4.79 Å². The smallest absolute Gasteiger partial charge is 0.167 e. The molecular weight excluding hydrogens is 184 g/mol. The Morgan fingerprint density at radius 3 is 2.80 bits per heavy atom. The maximum atomic E-state index is 11.7. The van der Waals surface area contributed by atoms with Crippen LogP contribution < -0.4 is 0 Å². The van der Waals surface area contributed by atoms with Gasteiger partial charge in [-0.25, -0.2) is 0 Å². The van der Waals surface area contributed by atoms with Crippen LogP contribution in [-0.2, 0) is 0 Å². The van der Waals surface area contributed by atoms with Crippen molar-refractivity contribution in [3.8, 4) is 0 Å². The highest BCUT2D eigenvalue weighted by Gasteiger charge is 2.14. The highest BCUT2D eigenvalue weighted by atomic mass is 16.1. The quantitative estimate of drug-likeness (QED) is 0.627. The lowest BCUT2D eigenvalue weighted by Crippen LogP contribution is -2.04. The van der Waals surface area contributed by atoms with E-state index in [0.29, 0.717) is 6.42 Å². The predicted octanol–water partition coefficient (Wildman–Crippen LogP) is 3.44. The van der Waals surface area contributed by atoms with Crippen LogP contribution >= 0.6 is 0 Å². The summed E-state index contributed by atoms with van der Waals surface area (Å²) in [6, 6.07) is 12.1. The Labute approximate surface area is 88.0 Å². The Balaban J connectivity index is 2.44. The van der Waals surface area contributed by atoms with Gasteiger partial charge >= 0.3 is 0 Å². The van der Waals surface area contributed by atoms with Gasteiger partial charge < -0.3 is 0 Å². The normalized spacial score (nSPS) is 14.3. The number of fused-ring (bicyclic) bond motifs is 3. The molecule has 0 saturated carbocycles. The molecule has 0 atom stereocenters. The summed E-state index contributed by atoms with van der Waals surface area (Å²) in [5.74, 6) is 0.221. The average Bonchev–Trinajstić information content (AvgIpc) is 2.29. The number of carbonyl (C=O) groups excluding carboxylic acids is 1. The third-order valence-corrected chi connectivity index (χ3v) is 2.86. The third-order valence-electron chi connectivity index (χ3n) is 2.86. The van der Waals surface area contributed by atoms with E-state index in [4.69, 9.17) is 0 Å². The molecule has 0 aliphatic heterocycles. The lowest BCUT2D eigenvalue weighted by atomic mass is 9.91. The van der Waals surface area contributed by atoms with Gasteiger partial charge in [0.1, 0.15) is 0 Å². The zero-order valence-corrected chi connectivity index (χ0v) is 8.23. The van der Waals surface area contributed by atoms with Gasteiger partial charge in [0.05, 0.1) is 0 Å². The van der Waals surface area contributed by atoms with Gasteiger partial charge in [-0.05, 0) is 16.3 Å². The molecule has 1 aliphatic carbocycles. The van der Waals surface area contributed by atoms with Crippen molar-refractivity contribution in [2.45, 2.75) is 6.42 Å². The van der Waals surface area contributed by atoms with Gasteiger partial charge in [-0.15, -0.1) is 0 Å². The van der Waals surface area contributed by atoms with Gasteiger partial charge in [0, 0.05) is 12.0 Å². The van der Waals surface area contributed by atoms with E-state index in [1.165, 1.54) is 10.8 Å². The standard InChI is InChI=1S/C14H10O/c15-14-7-3-6-12-11-5-2-1-4-10(11)8-9-13(12)14/h1-6,8-9H,7H2. The van der Waals surface area contributed by atoms with Crippen LogP contribution in [0.3, 0.4) is 0 Å². The molecule has 15 heavy (non-hydrogen) atoms. The molecule has 0 N–H and O–H groups in total. The largest absolute Gasteiger partial charge is 0.294 e. The number of hydrogen-bond acceptors (Lipinski definition) is 1. The second-order valence-electron chi connectivity index (χ2n) is 3.78. The van der Waals surface area contributed by atoms with Crippen molar-refractivity contribution >= 4 is 22.6 Å². The molecule has 0 fully saturated rings. The second-order valence-corrected chi connectivity index (χ2v) is 3.78. The summed E-state index contributed by atoms with van der Waals surface area (Å²) in [6.07, 6.45) is 4.53. The van der Waals surface area contributed by atoms with Crippen LogP contribution in [0.25, 0.3) is 16.8 Å². The first kappa shape index (κ1) is 8.42. The lowest BCUT2D eigenvalue weighted by Gasteiger charge is -2.11. The van der Waals surface area contributed by atoms with Crippen molar-refractivity contribution in [1.29, 1.82) is 0 Å². The molecule has 0 aromatic heterocycles. The maximum Gasteiger partial charge on any atom is 0.167 e. The number of Topliss-reactive ketones (excluding diaryl/α,β-unsaturated/α-hetero) is 1. The predicted molar refractivity (Wildman–Crippen MR) is 61.9 cm³/mol. The lowest BCUT2D eigenvalue weighted by molar-refractivity contribution is 0.0994. The molecule has 0 heterocycles. The molecule has 72 valence electrons. The zero-order chi connectivity index (χ0) is 10.3. The number of ketones is 1. The molecule has 2 aromatic rings. The SMILES string of the molecule is O=C1CC=Cc2c1ccc1ccccc21. The monoisotopic (exact) mass is 194 g/mol. The summed E-state index contributed by atoms with van der Waals surface area (Å²) < 4.78 is 0. The molecule has 0 bridgehead atoms. The first-order valence-corrected chi connectivity index (χ1v) is 5.08. The Kier molecular flexibility index (Phi) is 1.72. The fourth-order valence-electron chi connectivity index (χ4n) is 2.11. The van der Waals surface area contributed by atoms with E-state index < -0.39 is 0 Å². The summed E-state index contributed by atoms with van der Waals surface area (Å²) in [6.45, 7) is 0. The van der Waals surface area contributed by atoms with Crippen LogP contribution in [0.4, 0.5) is 0 Å². The number of benzene rings is 2. The fourth-order valence-corrected chi connectivity index (χ4v) is 2.11. The second kappa shape index (κ2) is 3.06. The van der Waals surface area contributed by atoms with Crippen molar-refractivity contribution in [2.24, 2.45) is 0 Å². The molecule has 3 rings (SSSR count). The van der Waals surface area contributed by atoms with Crippen LogP contribution in [0.2, 0.25) is 0 Å². The van der Waals surface area contributed by atoms with Crippen molar-refractivity contribution in [3.63, 3.8) is 0 Å². The fraction of sp³-hybridized carbons (Fsp3) is 0.0714. The zero-order valence-electron chi connectivity index (χ0n) is 8.23. The van der Waals surface area contributed by atoms with Crippen LogP contribution in [-0.4, -0.2) is 5.78 Å². The van der Waals surface area contributed by atoms with E-state index in [2.05, 4.69) is 18.2 Å². The van der Waals surface area contributed by atoms with Gasteiger partial charge in [0.15, 0.2) is 5.78 Å².